The van der Waals surface area contributed by atoms with E-state index in [4.69, 9.17) is 0 Å². The normalized spacial score (nSPS) is 12.8. The molecular formula is C21H20F8N2O2. The fourth-order valence-corrected chi connectivity index (χ4v) is 2.68. The molecular weight excluding hydrogens is 464 g/mol. The molecule has 0 spiro atoms. The van der Waals surface area contributed by atoms with Gasteiger partial charge in [-0.15, -0.1) is 0 Å². The highest BCUT2D eigenvalue weighted by atomic mass is 19.4. The number of carbonyl (C=O) groups is 1. The zero-order valence-corrected chi connectivity index (χ0v) is 17.3. The minimum atomic E-state index is -6.45. The second-order valence-electron chi connectivity index (χ2n) is 7.23. The van der Waals surface area contributed by atoms with Crippen molar-refractivity contribution in [1.82, 2.24) is 9.97 Å². The summed E-state index contributed by atoms with van der Waals surface area (Å²) < 4.78 is 107. The van der Waals surface area contributed by atoms with Crippen molar-refractivity contribution in [2.24, 2.45) is 0 Å². The van der Waals surface area contributed by atoms with Crippen molar-refractivity contribution in [2.45, 2.75) is 56.8 Å². The summed E-state index contributed by atoms with van der Waals surface area (Å²) in [6.07, 6.45) is 2.16. The van der Waals surface area contributed by atoms with Gasteiger partial charge in [0.25, 0.3) is 0 Å². The van der Waals surface area contributed by atoms with Crippen LogP contribution in [0.1, 0.15) is 42.1 Å². The lowest BCUT2D eigenvalue weighted by Gasteiger charge is -2.31. The van der Waals surface area contributed by atoms with Crippen LogP contribution in [0.25, 0.3) is 11.4 Å². The molecule has 0 aliphatic heterocycles. The molecule has 12 heteroatoms. The summed E-state index contributed by atoms with van der Waals surface area (Å²) >= 11 is 0. The van der Waals surface area contributed by atoms with E-state index in [-0.39, 0.29) is 5.56 Å². The Balaban J connectivity index is 2.03. The molecule has 1 aromatic heterocycles. The van der Waals surface area contributed by atoms with E-state index in [1.807, 2.05) is 0 Å². The number of carbonyl (C=O) groups excluding carboxylic acids is 1. The summed E-state index contributed by atoms with van der Waals surface area (Å²) in [4.78, 5) is 20.2. The second-order valence-corrected chi connectivity index (χ2v) is 7.23. The van der Waals surface area contributed by atoms with Crippen LogP contribution in [0, 0.1) is 0 Å². The fourth-order valence-electron chi connectivity index (χ4n) is 2.68. The Morgan fingerprint density at radius 3 is 2.06 bits per heavy atom. The lowest BCUT2D eigenvalue weighted by atomic mass is 10.1. The molecule has 0 fully saturated rings. The first-order chi connectivity index (χ1) is 15.3. The van der Waals surface area contributed by atoms with E-state index < -0.39 is 36.8 Å². The maximum Gasteiger partial charge on any atom is 0.381 e. The molecule has 2 aromatic rings. The van der Waals surface area contributed by atoms with Crippen LogP contribution in [0.2, 0.25) is 0 Å². The van der Waals surface area contributed by atoms with Gasteiger partial charge in [0.2, 0.25) is 0 Å². The number of benzene rings is 1. The Labute approximate surface area is 184 Å². The third kappa shape index (κ3) is 5.97. The van der Waals surface area contributed by atoms with Crippen molar-refractivity contribution in [3.63, 3.8) is 0 Å². The molecule has 0 saturated carbocycles. The molecule has 0 amide bonds. The Morgan fingerprint density at radius 2 is 1.55 bits per heavy atom. The highest BCUT2D eigenvalue weighted by Gasteiger charge is 2.75. The number of alkyl halides is 8. The van der Waals surface area contributed by atoms with E-state index in [2.05, 4.69) is 21.6 Å². The molecule has 1 heterocycles. The highest BCUT2D eigenvalue weighted by Crippen LogP contribution is 2.48. The molecule has 4 nitrogen and oxygen atoms in total. The second kappa shape index (κ2) is 10.4. The minimum absolute atomic E-state index is 0.301. The van der Waals surface area contributed by atoms with Gasteiger partial charge >= 0.3 is 30.2 Å². The predicted octanol–water partition coefficient (Wildman–Crippen LogP) is 6.20. The molecule has 0 atom stereocenters. The SMILES string of the molecule is CCCCCc1cnc(-c2ccc(C(=O)OCC(F)(F)C(F)(F)C(F)(F)C(F)F)cc2)nc1. The van der Waals surface area contributed by atoms with Crippen molar-refractivity contribution in [2.75, 3.05) is 6.61 Å². The predicted molar refractivity (Wildman–Crippen MR) is 102 cm³/mol. The summed E-state index contributed by atoms with van der Waals surface area (Å²) in [6, 6.07) is 4.86. The van der Waals surface area contributed by atoms with Gasteiger partial charge in [0.15, 0.2) is 12.4 Å². The van der Waals surface area contributed by atoms with Crippen molar-refractivity contribution in [1.29, 1.82) is 0 Å². The standard InChI is InChI=1S/C21H20F8N2O2/c1-2-3-4-5-13-10-30-16(31-11-13)14-6-8-15(9-7-14)17(32)33-12-19(24,25)21(28,29)20(26,27)18(22)23/h6-11,18H,2-5,12H2,1H3. The van der Waals surface area contributed by atoms with Crippen molar-refractivity contribution < 1.29 is 44.7 Å². The van der Waals surface area contributed by atoms with E-state index in [0.717, 1.165) is 43.4 Å². The van der Waals surface area contributed by atoms with Gasteiger partial charge in [-0.2, -0.15) is 26.3 Å². The molecule has 1 aromatic carbocycles. The van der Waals surface area contributed by atoms with Crippen LogP contribution in [0.15, 0.2) is 36.7 Å². The fraction of sp³-hybridized carbons (Fsp3) is 0.476. The summed E-state index contributed by atoms with van der Waals surface area (Å²) in [6.45, 7) is -0.447. The number of rotatable bonds is 11. The first-order valence-electron chi connectivity index (χ1n) is 9.83. The molecule has 182 valence electrons. The molecule has 0 unspecified atom stereocenters. The average Bonchev–Trinajstić information content (AvgIpc) is 2.78. The summed E-state index contributed by atoms with van der Waals surface area (Å²) in [5.41, 5.74) is 1.01. The van der Waals surface area contributed by atoms with Crippen molar-refractivity contribution in [3.8, 4) is 11.4 Å². The van der Waals surface area contributed by atoms with Crippen LogP contribution >= 0.6 is 0 Å². The topological polar surface area (TPSA) is 52.1 Å². The molecule has 0 aliphatic carbocycles. The smallest absolute Gasteiger partial charge is 0.381 e. The lowest BCUT2D eigenvalue weighted by molar-refractivity contribution is -0.343. The number of esters is 1. The van der Waals surface area contributed by atoms with Crippen LogP contribution in [-0.2, 0) is 11.2 Å². The van der Waals surface area contributed by atoms with Gasteiger partial charge < -0.3 is 4.74 Å². The average molecular weight is 484 g/mol. The molecule has 2 rings (SSSR count). The van der Waals surface area contributed by atoms with E-state index in [1.165, 1.54) is 12.1 Å². The lowest BCUT2D eigenvalue weighted by Crippen LogP contribution is -2.59. The summed E-state index contributed by atoms with van der Waals surface area (Å²) in [5, 5.41) is 0. The number of aryl methyl sites for hydroxylation is 1. The number of nitrogens with zero attached hydrogens (tertiary/aromatic N) is 2. The molecule has 0 bridgehead atoms. The van der Waals surface area contributed by atoms with Gasteiger partial charge in [0.05, 0.1) is 5.56 Å². The van der Waals surface area contributed by atoms with Crippen molar-refractivity contribution >= 4 is 5.97 Å². The minimum Gasteiger partial charge on any atom is -0.455 e. The molecule has 0 N–H and O–H groups in total. The Hall–Kier alpha value is -2.79. The first kappa shape index (κ1) is 26.5. The maximum atomic E-state index is 13.5. The number of unbranched alkanes of at least 4 members (excludes halogenated alkanes) is 2. The molecule has 0 aliphatic rings. The number of hydrogen-bond donors (Lipinski definition) is 0. The molecule has 0 saturated heterocycles. The number of aromatic nitrogens is 2. The van der Waals surface area contributed by atoms with Crippen LogP contribution in [0.3, 0.4) is 0 Å². The van der Waals surface area contributed by atoms with Crippen LogP contribution < -0.4 is 0 Å². The largest absolute Gasteiger partial charge is 0.455 e. The van der Waals surface area contributed by atoms with E-state index >= 15 is 0 Å². The van der Waals surface area contributed by atoms with Gasteiger partial charge in [-0.1, -0.05) is 31.9 Å². The first-order valence-corrected chi connectivity index (χ1v) is 9.83. The van der Waals surface area contributed by atoms with Crippen molar-refractivity contribution in [3.05, 3.63) is 47.8 Å². The zero-order valence-electron chi connectivity index (χ0n) is 17.3. The van der Waals surface area contributed by atoms with Crippen LogP contribution in [-0.4, -0.2) is 46.7 Å². The third-order valence-electron chi connectivity index (χ3n) is 4.69. The maximum absolute atomic E-state index is 13.5. The summed E-state index contributed by atoms with van der Waals surface area (Å²) in [5.74, 6) is -19.7. The van der Waals surface area contributed by atoms with Gasteiger partial charge in [0.1, 0.15) is 0 Å². The number of halogens is 8. The number of ether oxygens (including phenoxy) is 1. The van der Waals surface area contributed by atoms with Crippen LogP contribution in [0.4, 0.5) is 35.1 Å². The Bertz CT molecular complexity index is 919. The molecule has 33 heavy (non-hydrogen) atoms. The third-order valence-corrected chi connectivity index (χ3v) is 4.69. The Morgan fingerprint density at radius 1 is 0.970 bits per heavy atom. The summed E-state index contributed by atoms with van der Waals surface area (Å²) in [7, 11) is 0. The van der Waals surface area contributed by atoms with E-state index in [0.29, 0.717) is 11.4 Å². The van der Waals surface area contributed by atoms with Gasteiger partial charge in [-0.25, -0.2) is 23.5 Å². The zero-order chi connectivity index (χ0) is 24.9. The number of hydrogen-bond acceptors (Lipinski definition) is 4. The quantitative estimate of drug-likeness (QED) is 0.216. The molecule has 0 radical (unpaired) electrons. The Kier molecular flexibility index (Phi) is 8.36. The van der Waals surface area contributed by atoms with Gasteiger partial charge in [-0.3, -0.25) is 0 Å². The highest BCUT2D eigenvalue weighted by molar-refractivity contribution is 5.89. The van der Waals surface area contributed by atoms with E-state index in [1.54, 1.807) is 12.4 Å². The monoisotopic (exact) mass is 484 g/mol. The van der Waals surface area contributed by atoms with Gasteiger partial charge in [-0.05, 0) is 30.5 Å². The van der Waals surface area contributed by atoms with Crippen LogP contribution in [0.5, 0.6) is 0 Å². The van der Waals surface area contributed by atoms with E-state index in [9.17, 15) is 39.9 Å². The van der Waals surface area contributed by atoms with Gasteiger partial charge in [0, 0.05) is 18.0 Å².